The first kappa shape index (κ1) is 24.9. The van der Waals surface area contributed by atoms with Crippen LogP contribution in [0.2, 0.25) is 5.02 Å². The van der Waals surface area contributed by atoms with E-state index in [1.54, 1.807) is 42.5 Å². The van der Waals surface area contributed by atoms with Crippen molar-refractivity contribution in [2.45, 2.75) is 6.92 Å². The van der Waals surface area contributed by atoms with E-state index >= 15 is 0 Å². The van der Waals surface area contributed by atoms with Crippen molar-refractivity contribution in [1.29, 1.82) is 0 Å². The van der Waals surface area contributed by atoms with Crippen molar-refractivity contribution in [3.8, 4) is 0 Å². The fourth-order valence-corrected chi connectivity index (χ4v) is 4.82. The number of piperazine rings is 1. The Labute approximate surface area is 224 Å². The van der Waals surface area contributed by atoms with Crippen LogP contribution < -0.4 is 15.1 Å². The standard InChI is InChI=1S/C28H24Cl2N4O3/c1-18-10-11-22(17-23(18)29)34-27(36)24(30)25(28(34)37)31-20-7-5-6-19(16-20)26(35)33-14-12-32(13-15-33)21-8-3-2-4-9-21/h2-11,16-17,31H,12-15H2,1H3. The predicted molar refractivity (Wildman–Crippen MR) is 146 cm³/mol. The van der Waals surface area contributed by atoms with Crippen molar-refractivity contribution in [1.82, 2.24) is 4.90 Å². The number of rotatable bonds is 5. The minimum atomic E-state index is -0.641. The Morgan fingerprint density at radius 1 is 0.811 bits per heavy atom. The van der Waals surface area contributed by atoms with E-state index < -0.39 is 11.8 Å². The summed E-state index contributed by atoms with van der Waals surface area (Å²) in [5.41, 5.74) is 3.21. The summed E-state index contributed by atoms with van der Waals surface area (Å²) < 4.78 is 0. The molecule has 9 heteroatoms. The molecule has 0 aliphatic carbocycles. The van der Waals surface area contributed by atoms with E-state index in [4.69, 9.17) is 23.2 Å². The molecule has 3 aromatic carbocycles. The third kappa shape index (κ3) is 4.92. The van der Waals surface area contributed by atoms with Gasteiger partial charge in [-0.1, -0.05) is 53.5 Å². The van der Waals surface area contributed by atoms with Crippen molar-refractivity contribution in [2.75, 3.05) is 41.3 Å². The van der Waals surface area contributed by atoms with Crippen molar-refractivity contribution >= 4 is 58.0 Å². The highest BCUT2D eigenvalue weighted by atomic mass is 35.5. The first-order valence-corrected chi connectivity index (χ1v) is 12.6. The van der Waals surface area contributed by atoms with Crippen LogP contribution >= 0.6 is 23.2 Å². The maximum atomic E-state index is 13.2. The number of anilines is 3. The highest BCUT2D eigenvalue weighted by Gasteiger charge is 2.39. The van der Waals surface area contributed by atoms with E-state index in [1.165, 1.54) is 0 Å². The minimum Gasteiger partial charge on any atom is -0.368 e. The number of halogens is 2. The maximum absolute atomic E-state index is 13.2. The molecule has 0 atom stereocenters. The van der Waals surface area contributed by atoms with Gasteiger partial charge in [-0.2, -0.15) is 0 Å². The molecule has 188 valence electrons. The molecule has 0 aromatic heterocycles. The molecule has 3 amide bonds. The number of imide groups is 1. The van der Waals surface area contributed by atoms with Crippen molar-refractivity contribution < 1.29 is 14.4 Å². The molecule has 0 radical (unpaired) electrons. The zero-order valence-corrected chi connectivity index (χ0v) is 21.6. The Hall–Kier alpha value is -3.81. The fraction of sp³-hybridized carbons (Fsp3) is 0.179. The van der Waals surface area contributed by atoms with Crippen LogP contribution in [0.25, 0.3) is 0 Å². The lowest BCUT2D eigenvalue weighted by atomic mass is 10.1. The van der Waals surface area contributed by atoms with Crippen molar-refractivity contribution in [3.63, 3.8) is 0 Å². The van der Waals surface area contributed by atoms with Crippen LogP contribution in [0, 0.1) is 6.92 Å². The van der Waals surface area contributed by atoms with Gasteiger partial charge in [0.1, 0.15) is 10.7 Å². The van der Waals surface area contributed by atoms with Crippen LogP contribution in [0.4, 0.5) is 17.1 Å². The fourth-order valence-electron chi connectivity index (χ4n) is 4.43. The van der Waals surface area contributed by atoms with Gasteiger partial charge in [-0.3, -0.25) is 14.4 Å². The maximum Gasteiger partial charge on any atom is 0.283 e. The van der Waals surface area contributed by atoms with Gasteiger partial charge in [-0.15, -0.1) is 0 Å². The molecule has 0 unspecified atom stereocenters. The summed E-state index contributed by atoms with van der Waals surface area (Å²) in [5.74, 6) is -1.33. The topological polar surface area (TPSA) is 73.0 Å². The molecule has 3 aromatic rings. The molecule has 5 rings (SSSR count). The monoisotopic (exact) mass is 534 g/mol. The Morgan fingerprint density at radius 2 is 1.54 bits per heavy atom. The molecule has 7 nitrogen and oxygen atoms in total. The number of nitrogens with zero attached hydrogens (tertiary/aromatic N) is 3. The number of carbonyl (C=O) groups excluding carboxylic acids is 3. The molecular formula is C28H24Cl2N4O3. The van der Waals surface area contributed by atoms with E-state index in [-0.39, 0.29) is 16.6 Å². The summed E-state index contributed by atoms with van der Waals surface area (Å²) in [7, 11) is 0. The van der Waals surface area contributed by atoms with Gasteiger partial charge in [0.15, 0.2) is 0 Å². The van der Waals surface area contributed by atoms with Crippen LogP contribution in [0.3, 0.4) is 0 Å². The lowest BCUT2D eigenvalue weighted by molar-refractivity contribution is -0.120. The molecule has 0 bridgehead atoms. The summed E-state index contributed by atoms with van der Waals surface area (Å²) in [6.45, 7) is 4.51. The number of para-hydroxylation sites is 1. The van der Waals surface area contributed by atoms with Gasteiger partial charge in [0.2, 0.25) is 0 Å². The Kier molecular flexibility index (Phi) is 6.91. The Balaban J connectivity index is 1.28. The average Bonchev–Trinajstić information content (AvgIpc) is 3.13. The first-order chi connectivity index (χ1) is 17.8. The van der Waals surface area contributed by atoms with E-state index in [2.05, 4.69) is 22.3 Å². The predicted octanol–water partition coefficient (Wildman–Crippen LogP) is 5.05. The number of hydrogen-bond acceptors (Lipinski definition) is 5. The SMILES string of the molecule is Cc1ccc(N2C(=O)C(Cl)=C(Nc3cccc(C(=O)N4CCN(c5ccccc5)CC4)c3)C2=O)cc1Cl. The average molecular weight is 535 g/mol. The normalized spacial score (nSPS) is 16.0. The zero-order chi connectivity index (χ0) is 26.1. The second-order valence-electron chi connectivity index (χ2n) is 8.89. The largest absolute Gasteiger partial charge is 0.368 e. The second-order valence-corrected chi connectivity index (χ2v) is 9.67. The summed E-state index contributed by atoms with van der Waals surface area (Å²) in [4.78, 5) is 44.2. The van der Waals surface area contributed by atoms with E-state index in [9.17, 15) is 14.4 Å². The number of benzene rings is 3. The minimum absolute atomic E-state index is 0.0514. The quantitative estimate of drug-likeness (QED) is 0.464. The van der Waals surface area contributed by atoms with Crippen LogP contribution in [0.5, 0.6) is 0 Å². The van der Waals surface area contributed by atoms with Gasteiger partial charge in [-0.25, -0.2) is 4.90 Å². The summed E-state index contributed by atoms with van der Waals surface area (Å²) in [6.07, 6.45) is 0. The number of amides is 3. The van der Waals surface area contributed by atoms with Crippen molar-refractivity contribution in [2.24, 2.45) is 0 Å². The molecule has 1 saturated heterocycles. The molecule has 2 aliphatic rings. The number of hydrogen-bond donors (Lipinski definition) is 1. The van der Waals surface area contributed by atoms with Gasteiger partial charge in [0, 0.05) is 48.1 Å². The third-order valence-electron chi connectivity index (χ3n) is 6.51. The second kappa shape index (κ2) is 10.3. The van der Waals surface area contributed by atoms with Gasteiger partial charge in [-0.05, 0) is 55.0 Å². The highest BCUT2D eigenvalue weighted by Crippen LogP contribution is 2.32. The Morgan fingerprint density at radius 3 is 2.24 bits per heavy atom. The molecule has 2 heterocycles. The van der Waals surface area contributed by atoms with Crippen LogP contribution in [0.15, 0.2) is 83.5 Å². The first-order valence-electron chi connectivity index (χ1n) is 11.8. The lowest BCUT2D eigenvalue weighted by Crippen LogP contribution is -2.48. The van der Waals surface area contributed by atoms with E-state index in [0.717, 1.165) is 29.2 Å². The van der Waals surface area contributed by atoms with Gasteiger partial charge < -0.3 is 15.1 Å². The summed E-state index contributed by atoms with van der Waals surface area (Å²) >= 11 is 12.5. The molecular weight excluding hydrogens is 511 g/mol. The Bertz CT molecular complexity index is 1420. The van der Waals surface area contributed by atoms with Gasteiger partial charge in [0.05, 0.1) is 5.69 Å². The van der Waals surface area contributed by atoms with E-state index in [0.29, 0.717) is 35.1 Å². The van der Waals surface area contributed by atoms with Crippen molar-refractivity contribution in [3.05, 3.63) is 99.7 Å². The van der Waals surface area contributed by atoms with E-state index in [1.807, 2.05) is 30.0 Å². The molecule has 1 N–H and O–H groups in total. The third-order valence-corrected chi connectivity index (χ3v) is 7.27. The highest BCUT2D eigenvalue weighted by molar-refractivity contribution is 6.53. The molecule has 37 heavy (non-hydrogen) atoms. The van der Waals surface area contributed by atoms with Gasteiger partial charge in [0.25, 0.3) is 17.7 Å². The zero-order valence-electron chi connectivity index (χ0n) is 20.1. The lowest BCUT2D eigenvalue weighted by Gasteiger charge is -2.36. The van der Waals surface area contributed by atoms with Crippen LogP contribution in [0.1, 0.15) is 15.9 Å². The van der Waals surface area contributed by atoms with Crippen LogP contribution in [-0.4, -0.2) is 48.8 Å². The number of carbonyl (C=O) groups is 3. The van der Waals surface area contributed by atoms with Crippen LogP contribution in [-0.2, 0) is 9.59 Å². The molecule has 0 spiro atoms. The van der Waals surface area contributed by atoms with Gasteiger partial charge >= 0.3 is 0 Å². The molecule has 0 saturated carbocycles. The molecule has 2 aliphatic heterocycles. The molecule has 1 fully saturated rings. The smallest absolute Gasteiger partial charge is 0.283 e. The number of nitrogens with one attached hydrogen (secondary N) is 1. The summed E-state index contributed by atoms with van der Waals surface area (Å²) in [6, 6.07) is 21.9. The number of aryl methyl sites for hydroxylation is 1. The summed E-state index contributed by atoms with van der Waals surface area (Å²) in [5, 5.41) is 3.16.